The summed E-state index contributed by atoms with van der Waals surface area (Å²) in [7, 11) is 1.69. The molecule has 0 fully saturated rings. The first kappa shape index (κ1) is 14.2. The van der Waals surface area contributed by atoms with E-state index in [0.29, 0.717) is 18.7 Å². The average molecular weight is 249 g/mol. The van der Waals surface area contributed by atoms with Gasteiger partial charge in [0, 0.05) is 19.2 Å². The van der Waals surface area contributed by atoms with Crippen molar-refractivity contribution in [3.05, 3.63) is 35.4 Å². The van der Waals surface area contributed by atoms with Gasteiger partial charge in [0.25, 0.3) is 5.91 Å². The van der Waals surface area contributed by atoms with Crippen molar-refractivity contribution in [2.75, 3.05) is 20.2 Å². The third-order valence-electron chi connectivity index (χ3n) is 2.68. The smallest absolute Gasteiger partial charge is 0.307 e. The van der Waals surface area contributed by atoms with E-state index in [-0.39, 0.29) is 18.3 Å². The van der Waals surface area contributed by atoms with E-state index < -0.39 is 0 Å². The maximum absolute atomic E-state index is 12.1. The highest BCUT2D eigenvalue weighted by atomic mass is 16.5. The number of ether oxygens (including phenoxy) is 1. The summed E-state index contributed by atoms with van der Waals surface area (Å²) >= 11 is 0. The number of benzene rings is 1. The minimum Gasteiger partial charge on any atom is -0.466 e. The number of nitrogens with zero attached hydrogens (tertiary/aromatic N) is 1. The van der Waals surface area contributed by atoms with Crippen LogP contribution in [0.5, 0.6) is 0 Å². The summed E-state index contributed by atoms with van der Waals surface area (Å²) < 4.78 is 4.82. The molecule has 0 atom stereocenters. The average Bonchev–Trinajstić information content (AvgIpc) is 2.36. The maximum Gasteiger partial charge on any atom is 0.307 e. The second kappa shape index (κ2) is 6.79. The van der Waals surface area contributed by atoms with Gasteiger partial charge in [-0.25, -0.2) is 0 Å². The minimum atomic E-state index is -0.276. The number of rotatable bonds is 5. The van der Waals surface area contributed by atoms with Gasteiger partial charge in [0.2, 0.25) is 0 Å². The molecular weight excluding hydrogens is 230 g/mol. The van der Waals surface area contributed by atoms with Crippen LogP contribution < -0.4 is 0 Å². The van der Waals surface area contributed by atoms with Crippen molar-refractivity contribution in [1.29, 1.82) is 0 Å². The summed E-state index contributed by atoms with van der Waals surface area (Å²) in [5.74, 6) is -0.348. The molecule has 0 aliphatic rings. The third-order valence-corrected chi connectivity index (χ3v) is 2.68. The van der Waals surface area contributed by atoms with Crippen LogP contribution in [0.1, 0.15) is 29.3 Å². The Morgan fingerprint density at radius 3 is 2.56 bits per heavy atom. The number of carbonyl (C=O) groups excluding carboxylic acids is 2. The van der Waals surface area contributed by atoms with Crippen LogP contribution >= 0.6 is 0 Å². The summed E-state index contributed by atoms with van der Waals surface area (Å²) in [4.78, 5) is 24.9. The Labute approximate surface area is 108 Å². The van der Waals surface area contributed by atoms with Gasteiger partial charge in [0.15, 0.2) is 0 Å². The van der Waals surface area contributed by atoms with Gasteiger partial charge in [0.1, 0.15) is 0 Å². The Hall–Kier alpha value is -1.84. The quantitative estimate of drug-likeness (QED) is 0.750. The fourth-order valence-corrected chi connectivity index (χ4v) is 1.61. The van der Waals surface area contributed by atoms with Gasteiger partial charge in [-0.1, -0.05) is 18.2 Å². The van der Waals surface area contributed by atoms with Gasteiger partial charge >= 0.3 is 5.97 Å². The molecule has 0 radical (unpaired) electrons. The molecule has 0 aromatic heterocycles. The predicted octanol–water partition coefficient (Wildman–Crippen LogP) is 2.02. The maximum atomic E-state index is 12.1. The molecule has 1 aromatic carbocycles. The molecule has 1 aromatic rings. The van der Waals surface area contributed by atoms with Crippen molar-refractivity contribution in [3.63, 3.8) is 0 Å². The fraction of sp³-hybridized carbons (Fsp3) is 0.429. The fourth-order valence-electron chi connectivity index (χ4n) is 1.61. The van der Waals surface area contributed by atoms with E-state index >= 15 is 0 Å². The van der Waals surface area contributed by atoms with Crippen molar-refractivity contribution in [3.8, 4) is 0 Å². The van der Waals surface area contributed by atoms with Gasteiger partial charge in [0.05, 0.1) is 13.0 Å². The molecule has 1 amide bonds. The lowest BCUT2D eigenvalue weighted by Gasteiger charge is -2.17. The molecule has 4 heteroatoms. The van der Waals surface area contributed by atoms with E-state index in [0.717, 1.165) is 5.56 Å². The lowest BCUT2D eigenvalue weighted by atomic mass is 10.1. The Balaban J connectivity index is 2.57. The minimum absolute atomic E-state index is 0.0719. The van der Waals surface area contributed by atoms with Gasteiger partial charge in [-0.05, 0) is 25.5 Å². The van der Waals surface area contributed by atoms with E-state index in [4.69, 9.17) is 4.74 Å². The zero-order valence-electron chi connectivity index (χ0n) is 11.1. The molecular formula is C14H19NO3. The number of esters is 1. The molecule has 0 saturated heterocycles. The van der Waals surface area contributed by atoms with Crippen LogP contribution in [0.3, 0.4) is 0 Å². The topological polar surface area (TPSA) is 46.6 Å². The normalized spacial score (nSPS) is 9.94. The molecule has 0 bridgehead atoms. The first-order valence-electron chi connectivity index (χ1n) is 6.03. The lowest BCUT2D eigenvalue weighted by molar-refractivity contribution is -0.143. The summed E-state index contributed by atoms with van der Waals surface area (Å²) in [6, 6.07) is 7.41. The van der Waals surface area contributed by atoms with Crippen LogP contribution in [0.2, 0.25) is 0 Å². The van der Waals surface area contributed by atoms with Crippen molar-refractivity contribution < 1.29 is 14.3 Å². The second-order valence-corrected chi connectivity index (χ2v) is 4.10. The van der Waals surface area contributed by atoms with Crippen LogP contribution in [-0.4, -0.2) is 37.0 Å². The molecule has 0 heterocycles. The number of carbonyl (C=O) groups is 2. The first-order chi connectivity index (χ1) is 8.56. The van der Waals surface area contributed by atoms with Gasteiger partial charge in [-0.2, -0.15) is 0 Å². The van der Waals surface area contributed by atoms with Crippen molar-refractivity contribution >= 4 is 11.9 Å². The standard InChI is InChI=1S/C14H19NO3/c1-4-18-13(16)9-10-15(3)14(17)12-8-6-5-7-11(12)2/h5-8H,4,9-10H2,1-3H3. The highest BCUT2D eigenvalue weighted by molar-refractivity contribution is 5.95. The monoisotopic (exact) mass is 249 g/mol. The molecule has 0 aliphatic heterocycles. The number of amides is 1. The van der Waals surface area contributed by atoms with E-state index in [1.54, 1.807) is 24.9 Å². The van der Waals surface area contributed by atoms with E-state index in [1.165, 1.54) is 0 Å². The summed E-state index contributed by atoms with van der Waals surface area (Å²) in [5, 5.41) is 0. The van der Waals surface area contributed by atoms with Crippen molar-refractivity contribution in [2.24, 2.45) is 0 Å². The molecule has 98 valence electrons. The molecule has 18 heavy (non-hydrogen) atoms. The van der Waals surface area contributed by atoms with Crippen LogP contribution in [0.25, 0.3) is 0 Å². The largest absolute Gasteiger partial charge is 0.466 e. The number of aryl methyl sites for hydroxylation is 1. The third kappa shape index (κ3) is 3.87. The number of hydrogen-bond acceptors (Lipinski definition) is 3. The molecule has 0 saturated carbocycles. The molecule has 0 spiro atoms. The highest BCUT2D eigenvalue weighted by Gasteiger charge is 2.14. The Morgan fingerprint density at radius 1 is 1.28 bits per heavy atom. The summed E-state index contributed by atoms with van der Waals surface area (Å²) in [6.07, 6.45) is 0.224. The zero-order chi connectivity index (χ0) is 13.5. The van der Waals surface area contributed by atoms with Crippen LogP contribution in [0.15, 0.2) is 24.3 Å². The van der Waals surface area contributed by atoms with Gasteiger partial charge < -0.3 is 9.64 Å². The molecule has 0 N–H and O–H groups in total. The summed E-state index contributed by atoms with van der Waals surface area (Å²) in [5.41, 5.74) is 1.61. The van der Waals surface area contributed by atoms with Gasteiger partial charge in [-0.3, -0.25) is 9.59 Å². The van der Waals surface area contributed by atoms with E-state index in [2.05, 4.69) is 0 Å². The van der Waals surface area contributed by atoms with Crippen molar-refractivity contribution in [2.45, 2.75) is 20.3 Å². The molecule has 4 nitrogen and oxygen atoms in total. The Morgan fingerprint density at radius 2 is 1.94 bits per heavy atom. The molecule has 0 aliphatic carbocycles. The van der Waals surface area contributed by atoms with Crippen molar-refractivity contribution in [1.82, 2.24) is 4.90 Å². The van der Waals surface area contributed by atoms with Crippen LogP contribution in [0, 0.1) is 6.92 Å². The second-order valence-electron chi connectivity index (χ2n) is 4.10. The number of hydrogen-bond donors (Lipinski definition) is 0. The van der Waals surface area contributed by atoms with Gasteiger partial charge in [-0.15, -0.1) is 0 Å². The zero-order valence-corrected chi connectivity index (χ0v) is 11.1. The SMILES string of the molecule is CCOC(=O)CCN(C)C(=O)c1ccccc1C. The Bertz CT molecular complexity index is 429. The van der Waals surface area contributed by atoms with Crippen LogP contribution in [0.4, 0.5) is 0 Å². The predicted molar refractivity (Wildman–Crippen MR) is 69.4 cm³/mol. The molecule has 1 rings (SSSR count). The van der Waals surface area contributed by atoms with Crippen LogP contribution in [-0.2, 0) is 9.53 Å². The highest BCUT2D eigenvalue weighted by Crippen LogP contribution is 2.09. The van der Waals surface area contributed by atoms with E-state index in [1.807, 2.05) is 25.1 Å². The Kier molecular flexibility index (Phi) is 5.36. The lowest BCUT2D eigenvalue weighted by Crippen LogP contribution is -2.29. The summed E-state index contributed by atoms with van der Waals surface area (Å²) in [6.45, 7) is 4.40. The molecule has 0 unspecified atom stereocenters. The van der Waals surface area contributed by atoms with E-state index in [9.17, 15) is 9.59 Å². The first-order valence-corrected chi connectivity index (χ1v) is 6.03.